The van der Waals surface area contributed by atoms with E-state index in [-0.39, 0.29) is 6.04 Å². The van der Waals surface area contributed by atoms with E-state index in [2.05, 4.69) is 27.3 Å². The van der Waals surface area contributed by atoms with Crippen LogP contribution in [0.15, 0.2) is 48.5 Å². The highest BCUT2D eigenvalue weighted by atomic mass is 16.5. The van der Waals surface area contributed by atoms with Crippen molar-refractivity contribution in [1.82, 2.24) is 15.2 Å². The Labute approximate surface area is 147 Å². The van der Waals surface area contributed by atoms with Gasteiger partial charge in [-0.15, -0.1) is 0 Å². The van der Waals surface area contributed by atoms with Crippen molar-refractivity contribution in [3.05, 3.63) is 59.9 Å². The number of nitrogens with two attached hydrogens (primary N) is 1. The van der Waals surface area contributed by atoms with Crippen LogP contribution in [0.4, 0.5) is 0 Å². The predicted molar refractivity (Wildman–Crippen MR) is 96.6 cm³/mol. The van der Waals surface area contributed by atoms with Crippen LogP contribution in [0, 0.1) is 0 Å². The zero-order valence-electron chi connectivity index (χ0n) is 14.4. The van der Waals surface area contributed by atoms with Gasteiger partial charge in [-0.25, -0.2) is 4.98 Å². The number of methoxy groups -OCH3 is 1. The summed E-state index contributed by atoms with van der Waals surface area (Å²) in [5.41, 5.74) is 8.27. The first-order valence-electron chi connectivity index (χ1n) is 8.24. The first kappa shape index (κ1) is 17.0. The molecule has 2 aromatic carbocycles. The van der Waals surface area contributed by atoms with Crippen LogP contribution in [0.1, 0.15) is 24.4 Å². The Morgan fingerprint density at radius 1 is 1.12 bits per heavy atom. The molecule has 0 bridgehead atoms. The van der Waals surface area contributed by atoms with E-state index in [1.54, 1.807) is 7.11 Å². The van der Waals surface area contributed by atoms with Crippen LogP contribution >= 0.6 is 0 Å². The van der Waals surface area contributed by atoms with E-state index in [0.717, 1.165) is 11.1 Å². The smallest absolute Gasteiger partial charge is 0.181 e. The van der Waals surface area contributed by atoms with E-state index >= 15 is 0 Å². The second kappa shape index (κ2) is 7.81. The molecule has 0 amide bonds. The fourth-order valence-electron chi connectivity index (χ4n) is 2.62. The van der Waals surface area contributed by atoms with Crippen molar-refractivity contribution < 1.29 is 9.47 Å². The molecule has 25 heavy (non-hydrogen) atoms. The standard InChI is InChI=1S/C19H22N4O2/c1-3-25-17-12-14(9-10-16(17)24-2)18-21-19(23-22-18)15(20)11-13-7-5-4-6-8-13/h4-10,12,15H,3,11,20H2,1-2H3,(H,21,22,23). The van der Waals surface area contributed by atoms with Crippen LogP contribution in [0.5, 0.6) is 11.5 Å². The second-order valence-corrected chi connectivity index (χ2v) is 5.64. The highest BCUT2D eigenvalue weighted by Gasteiger charge is 2.15. The summed E-state index contributed by atoms with van der Waals surface area (Å²) in [5, 5.41) is 7.24. The first-order chi connectivity index (χ1) is 12.2. The van der Waals surface area contributed by atoms with Gasteiger partial charge in [0.15, 0.2) is 17.3 Å². The highest BCUT2D eigenvalue weighted by Crippen LogP contribution is 2.31. The average molecular weight is 338 g/mol. The number of aromatic amines is 1. The van der Waals surface area contributed by atoms with Crippen LogP contribution in [0.3, 0.4) is 0 Å². The molecule has 1 unspecified atom stereocenters. The van der Waals surface area contributed by atoms with Gasteiger partial charge in [0.1, 0.15) is 5.82 Å². The number of ether oxygens (including phenoxy) is 2. The summed E-state index contributed by atoms with van der Waals surface area (Å²) < 4.78 is 10.9. The molecule has 0 spiro atoms. The quantitative estimate of drug-likeness (QED) is 0.691. The van der Waals surface area contributed by atoms with Gasteiger partial charge in [0.25, 0.3) is 0 Å². The molecule has 6 nitrogen and oxygen atoms in total. The summed E-state index contributed by atoms with van der Waals surface area (Å²) in [6.45, 7) is 2.49. The maximum atomic E-state index is 6.26. The molecule has 130 valence electrons. The molecular weight excluding hydrogens is 316 g/mol. The van der Waals surface area contributed by atoms with Crippen molar-refractivity contribution in [3.8, 4) is 22.9 Å². The van der Waals surface area contributed by atoms with E-state index in [0.29, 0.717) is 36.2 Å². The first-order valence-corrected chi connectivity index (χ1v) is 8.24. The summed E-state index contributed by atoms with van der Waals surface area (Å²) in [5.74, 6) is 2.60. The molecule has 1 aromatic heterocycles. The van der Waals surface area contributed by atoms with Gasteiger partial charge in [0, 0.05) is 5.56 Å². The Balaban J connectivity index is 1.80. The molecule has 6 heteroatoms. The lowest BCUT2D eigenvalue weighted by atomic mass is 10.1. The summed E-state index contributed by atoms with van der Waals surface area (Å²) >= 11 is 0. The van der Waals surface area contributed by atoms with Gasteiger partial charge in [-0.3, -0.25) is 5.10 Å². The van der Waals surface area contributed by atoms with Crippen molar-refractivity contribution in [2.75, 3.05) is 13.7 Å². The molecular formula is C19H22N4O2. The normalized spacial score (nSPS) is 12.0. The van der Waals surface area contributed by atoms with Crippen LogP contribution < -0.4 is 15.2 Å². The highest BCUT2D eigenvalue weighted by molar-refractivity contribution is 5.61. The number of benzene rings is 2. The van der Waals surface area contributed by atoms with Crippen molar-refractivity contribution in [2.24, 2.45) is 5.73 Å². The Morgan fingerprint density at radius 3 is 2.64 bits per heavy atom. The number of nitrogens with one attached hydrogen (secondary N) is 1. The summed E-state index contributed by atoms with van der Waals surface area (Å²) in [7, 11) is 1.62. The third-order valence-electron chi connectivity index (χ3n) is 3.87. The van der Waals surface area contributed by atoms with E-state index in [1.165, 1.54) is 0 Å². The Hall–Kier alpha value is -2.86. The molecule has 3 N–H and O–H groups in total. The van der Waals surface area contributed by atoms with Crippen LogP contribution in [-0.2, 0) is 6.42 Å². The summed E-state index contributed by atoms with van der Waals surface area (Å²) in [6, 6.07) is 15.5. The Morgan fingerprint density at radius 2 is 1.92 bits per heavy atom. The molecule has 3 rings (SSSR count). The van der Waals surface area contributed by atoms with Gasteiger partial charge in [0.2, 0.25) is 0 Å². The van der Waals surface area contributed by atoms with E-state index in [9.17, 15) is 0 Å². The SMILES string of the molecule is CCOc1cc(-c2n[nH]c(C(N)Cc3ccccc3)n2)ccc1OC. The van der Waals surface area contributed by atoms with Crippen molar-refractivity contribution in [1.29, 1.82) is 0 Å². The van der Waals surface area contributed by atoms with Gasteiger partial charge >= 0.3 is 0 Å². The van der Waals surface area contributed by atoms with Crippen LogP contribution in [0.2, 0.25) is 0 Å². The number of hydrogen-bond acceptors (Lipinski definition) is 5. The zero-order valence-corrected chi connectivity index (χ0v) is 14.4. The van der Waals surface area contributed by atoms with Gasteiger partial charge in [-0.1, -0.05) is 30.3 Å². The molecule has 0 fully saturated rings. The molecule has 0 aliphatic heterocycles. The topological polar surface area (TPSA) is 86.0 Å². The summed E-state index contributed by atoms with van der Waals surface area (Å²) in [4.78, 5) is 4.55. The fourth-order valence-corrected chi connectivity index (χ4v) is 2.62. The van der Waals surface area contributed by atoms with Gasteiger partial charge < -0.3 is 15.2 Å². The minimum atomic E-state index is -0.242. The average Bonchev–Trinajstić information content (AvgIpc) is 3.13. The van der Waals surface area contributed by atoms with Crippen LogP contribution in [-0.4, -0.2) is 28.9 Å². The largest absolute Gasteiger partial charge is 0.493 e. The fraction of sp³-hybridized carbons (Fsp3) is 0.263. The van der Waals surface area contributed by atoms with E-state index in [1.807, 2.05) is 43.3 Å². The number of H-pyrrole nitrogens is 1. The molecule has 0 saturated carbocycles. The molecule has 0 saturated heterocycles. The minimum Gasteiger partial charge on any atom is -0.493 e. The van der Waals surface area contributed by atoms with Crippen molar-refractivity contribution in [3.63, 3.8) is 0 Å². The molecule has 0 aliphatic rings. The number of nitrogens with zero attached hydrogens (tertiary/aromatic N) is 2. The van der Waals surface area contributed by atoms with E-state index in [4.69, 9.17) is 15.2 Å². The minimum absolute atomic E-state index is 0.242. The predicted octanol–water partition coefficient (Wildman–Crippen LogP) is 3.12. The maximum Gasteiger partial charge on any atom is 0.181 e. The van der Waals surface area contributed by atoms with Gasteiger partial charge in [0.05, 0.1) is 19.8 Å². The van der Waals surface area contributed by atoms with Crippen molar-refractivity contribution in [2.45, 2.75) is 19.4 Å². The summed E-state index contributed by atoms with van der Waals surface area (Å²) in [6.07, 6.45) is 0.697. The lowest BCUT2D eigenvalue weighted by Crippen LogP contribution is -2.15. The Kier molecular flexibility index (Phi) is 5.30. The zero-order chi connectivity index (χ0) is 17.6. The lowest BCUT2D eigenvalue weighted by Gasteiger charge is -2.10. The van der Waals surface area contributed by atoms with E-state index < -0.39 is 0 Å². The Bertz CT molecular complexity index is 817. The molecule has 3 aromatic rings. The van der Waals surface area contributed by atoms with Gasteiger partial charge in [-0.05, 0) is 37.1 Å². The maximum absolute atomic E-state index is 6.26. The molecule has 0 aliphatic carbocycles. The molecule has 1 heterocycles. The third kappa shape index (κ3) is 3.97. The van der Waals surface area contributed by atoms with Crippen LogP contribution in [0.25, 0.3) is 11.4 Å². The lowest BCUT2D eigenvalue weighted by molar-refractivity contribution is 0.311. The molecule has 0 radical (unpaired) electrons. The van der Waals surface area contributed by atoms with Gasteiger partial charge in [-0.2, -0.15) is 5.10 Å². The molecule has 1 atom stereocenters. The number of rotatable bonds is 7. The number of hydrogen-bond donors (Lipinski definition) is 2. The third-order valence-corrected chi connectivity index (χ3v) is 3.87. The number of aromatic nitrogens is 3. The second-order valence-electron chi connectivity index (χ2n) is 5.64. The monoisotopic (exact) mass is 338 g/mol. The van der Waals surface area contributed by atoms with Crippen molar-refractivity contribution >= 4 is 0 Å².